The van der Waals surface area contributed by atoms with Crippen molar-refractivity contribution < 1.29 is 19.0 Å². The number of carbonyl (C=O) groups is 1. The molecule has 9 heteroatoms. The van der Waals surface area contributed by atoms with Crippen molar-refractivity contribution in [1.82, 2.24) is 19.6 Å². The Morgan fingerprint density at radius 2 is 2.07 bits per heavy atom. The van der Waals surface area contributed by atoms with Crippen LogP contribution in [-0.2, 0) is 0 Å². The lowest BCUT2D eigenvalue weighted by Crippen LogP contribution is -2.04. The number of pyridine rings is 2. The van der Waals surface area contributed by atoms with Gasteiger partial charge >= 0.3 is 0 Å². The van der Waals surface area contributed by atoms with E-state index in [1.165, 1.54) is 19.4 Å². The van der Waals surface area contributed by atoms with Gasteiger partial charge < -0.3 is 15.2 Å². The highest BCUT2D eigenvalue weighted by Gasteiger charge is 2.13. The Morgan fingerprint density at radius 1 is 1.28 bits per heavy atom. The minimum Gasteiger partial charge on any atom is -0.479 e. The maximum atomic E-state index is 14.1. The van der Waals surface area contributed by atoms with Gasteiger partial charge in [0.1, 0.15) is 6.61 Å². The van der Waals surface area contributed by atoms with E-state index in [4.69, 9.17) is 9.84 Å². The number of benzene rings is 1. The molecule has 0 amide bonds. The Bertz CT molecular complexity index is 1190. The third-order valence-corrected chi connectivity index (χ3v) is 4.28. The van der Waals surface area contributed by atoms with E-state index in [0.717, 1.165) is 0 Å². The molecule has 0 fully saturated rings. The van der Waals surface area contributed by atoms with Gasteiger partial charge in [-0.25, -0.2) is 13.9 Å². The summed E-state index contributed by atoms with van der Waals surface area (Å²) >= 11 is 0. The first kappa shape index (κ1) is 18.5. The fraction of sp³-hybridized carbons (Fsp3) is 0.100. The number of hydrogen-bond acceptors (Lipinski definition) is 7. The smallest absolute Gasteiger partial charge is 0.250 e. The second kappa shape index (κ2) is 7.64. The first-order valence-corrected chi connectivity index (χ1v) is 8.65. The van der Waals surface area contributed by atoms with Crippen LogP contribution in [0.25, 0.3) is 16.8 Å². The van der Waals surface area contributed by atoms with Crippen molar-refractivity contribution in [2.24, 2.45) is 0 Å². The molecule has 146 valence electrons. The maximum Gasteiger partial charge on any atom is 0.250 e. The van der Waals surface area contributed by atoms with Crippen LogP contribution in [0.3, 0.4) is 0 Å². The number of nitrogens with one attached hydrogen (secondary N) is 1. The molecule has 0 aliphatic heterocycles. The van der Waals surface area contributed by atoms with Crippen molar-refractivity contribution in [2.45, 2.75) is 0 Å². The highest BCUT2D eigenvalue weighted by atomic mass is 19.1. The summed E-state index contributed by atoms with van der Waals surface area (Å²) in [6, 6.07) is 11.5. The molecule has 1 aromatic carbocycles. The van der Waals surface area contributed by atoms with Gasteiger partial charge in [0.05, 0.1) is 7.11 Å². The molecule has 4 rings (SSSR count). The van der Waals surface area contributed by atoms with Crippen LogP contribution in [0, 0.1) is 5.82 Å². The lowest BCUT2D eigenvalue weighted by atomic mass is 10.1. The zero-order valence-electron chi connectivity index (χ0n) is 15.3. The Kier molecular flexibility index (Phi) is 4.88. The lowest BCUT2D eigenvalue weighted by molar-refractivity contribution is 0.0904. The van der Waals surface area contributed by atoms with E-state index in [1.807, 2.05) is 0 Å². The summed E-state index contributed by atoms with van der Waals surface area (Å²) in [5.74, 6) is -0.664. The monoisotopic (exact) mass is 393 g/mol. The number of aromatic nitrogens is 4. The van der Waals surface area contributed by atoms with E-state index < -0.39 is 12.4 Å². The minimum atomic E-state index is -0.567. The normalized spacial score (nSPS) is 10.9. The molecule has 3 heterocycles. The molecule has 2 N–H and O–H groups in total. The number of fused-ring (bicyclic) bond motifs is 1. The summed E-state index contributed by atoms with van der Waals surface area (Å²) in [4.78, 5) is 19.9. The van der Waals surface area contributed by atoms with Crippen molar-refractivity contribution in [1.29, 1.82) is 0 Å². The minimum absolute atomic E-state index is 0.0762. The Labute approximate surface area is 164 Å². The van der Waals surface area contributed by atoms with Crippen LogP contribution in [0.15, 0.2) is 54.9 Å². The molecule has 4 aromatic rings. The number of anilines is 2. The molecule has 29 heavy (non-hydrogen) atoms. The van der Waals surface area contributed by atoms with Crippen molar-refractivity contribution in [3.63, 3.8) is 0 Å². The van der Waals surface area contributed by atoms with Gasteiger partial charge in [0.2, 0.25) is 11.8 Å². The Balaban J connectivity index is 1.66. The SMILES string of the molecule is COc1ncc(-c2cccn3nc(Nc4ccc(C(=O)CO)cc4)nc23)cc1F. The van der Waals surface area contributed by atoms with Gasteiger partial charge in [0.15, 0.2) is 17.2 Å². The van der Waals surface area contributed by atoms with Crippen LogP contribution >= 0.6 is 0 Å². The van der Waals surface area contributed by atoms with E-state index in [0.29, 0.717) is 34.0 Å². The molecule has 0 unspecified atom stereocenters. The number of ketones is 1. The Morgan fingerprint density at radius 3 is 2.76 bits per heavy atom. The molecule has 0 saturated carbocycles. The number of nitrogens with zero attached hydrogens (tertiary/aromatic N) is 4. The molecule has 0 bridgehead atoms. The zero-order chi connectivity index (χ0) is 20.4. The lowest BCUT2D eigenvalue weighted by Gasteiger charge is -2.05. The van der Waals surface area contributed by atoms with Crippen LogP contribution in [0.1, 0.15) is 10.4 Å². The van der Waals surface area contributed by atoms with Gasteiger partial charge in [-0.2, -0.15) is 4.98 Å². The summed E-state index contributed by atoms with van der Waals surface area (Å²) in [7, 11) is 1.36. The highest BCUT2D eigenvalue weighted by Crippen LogP contribution is 2.27. The number of hydrogen-bond donors (Lipinski definition) is 2. The maximum absolute atomic E-state index is 14.1. The molecule has 0 spiro atoms. The Hall–Kier alpha value is -3.85. The predicted molar refractivity (Wildman–Crippen MR) is 104 cm³/mol. The van der Waals surface area contributed by atoms with Gasteiger partial charge in [0.25, 0.3) is 0 Å². The number of rotatable bonds is 6. The summed E-state index contributed by atoms with van der Waals surface area (Å²) in [5.41, 5.74) is 2.81. The molecular formula is C20H16FN5O3. The molecule has 0 aliphatic carbocycles. The van der Waals surface area contributed by atoms with Crippen LogP contribution in [-0.4, -0.2) is 44.2 Å². The standard InChI is InChI=1S/C20H16FN5O3/c1-29-19-16(21)9-13(10-22-19)15-3-2-8-26-18(15)24-20(25-26)23-14-6-4-12(5-7-14)17(28)11-27/h2-10,27H,11H2,1H3,(H,23,25). The molecule has 0 saturated heterocycles. The van der Waals surface area contributed by atoms with Crippen LogP contribution in [0.2, 0.25) is 0 Å². The second-order valence-corrected chi connectivity index (χ2v) is 6.12. The van der Waals surface area contributed by atoms with E-state index in [1.54, 1.807) is 47.1 Å². The number of aliphatic hydroxyl groups excluding tert-OH is 1. The predicted octanol–water partition coefficient (Wildman–Crippen LogP) is 2.86. The topological polar surface area (TPSA) is 102 Å². The van der Waals surface area contributed by atoms with Gasteiger partial charge in [-0.15, -0.1) is 5.10 Å². The number of halogens is 1. The van der Waals surface area contributed by atoms with E-state index in [9.17, 15) is 9.18 Å². The zero-order valence-corrected chi connectivity index (χ0v) is 15.3. The molecule has 0 radical (unpaired) electrons. The quantitative estimate of drug-likeness (QED) is 0.486. The highest BCUT2D eigenvalue weighted by molar-refractivity contribution is 5.97. The first-order chi connectivity index (χ1) is 14.1. The summed E-state index contributed by atoms with van der Waals surface area (Å²) in [6.45, 7) is -0.537. The molecule has 3 aromatic heterocycles. The van der Waals surface area contributed by atoms with Crippen LogP contribution in [0.4, 0.5) is 16.0 Å². The largest absolute Gasteiger partial charge is 0.479 e. The van der Waals surface area contributed by atoms with Crippen molar-refractivity contribution >= 4 is 23.1 Å². The van der Waals surface area contributed by atoms with Gasteiger partial charge in [-0.05, 0) is 42.5 Å². The molecule has 0 aliphatic rings. The average Bonchev–Trinajstić information content (AvgIpc) is 3.16. The van der Waals surface area contributed by atoms with Crippen molar-refractivity contribution in [2.75, 3.05) is 19.0 Å². The van der Waals surface area contributed by atoms with E-state index in [-0.39, 0.29) is 11.7 Å². The number of carbonyl (C=O) groups excluding carboxylic acids is 1. The molecular weight excluding hydrogens is 377 g/mol. The summed E-state index contributed by atoms with van der Waals surface area (Å²) in [6.07, 6.45) is 3.24. The van der Waals surface area contributed by atoms with Crippen molar-refractivity contribution in [3.05, 3.63) is 66.2 Å². The fourth-order valence-corrected chi connectivity index (χ4v) is 2.87. The van der Waals surface area contributed by atoms with Crippen molar-refractivity contribution in [3.8, 4) is 17.0 Å². The fourth-order valence-electron chi connectivity index (χ4n) is 2.87. The van der Waals surface area contributed by atoms with Crippen LogP contribution < -0.4 is 10.1 Å². The van der Waals surface area contributed by atoms with Crippen LogP contribution in [0.5, 0.6) is 5.88 Å². The first-order valence-electron chi connectivity index (χ1n) is 8.65. The number of ether oxygens (including phenoxy) is 1. The van der Waals surface area contributed by atoms with Gasteiger partial charge in [0, 0.05) is 34.8 Å². The van der Waals surface area contributed by atoms with Gasteiger partial charge in [-0.1, -0.05) is 0 Å². The van der Waals surface area contributed by atoms with Gasteiger partial charge in [-0.3, -0.25) is 4.79 Å². The second-order valence-electron chi connectivity index (χ2n) is 6.12. The molecule has 8 nitrogen and oxygen atoms in total. The third kappa shape index (κ3) is 3.63. The summed E-state index contributed by atoms with van der Waals surface area (Å²) < 4.78 is 20.5. The number of methoxy groups -OCH3 is 1. The number of aliphatic hydroxyl groups is 1. The van der Waals surface area contributed by atoms with E-state index >= 15 is 0 Å². The van der Waals surface area contributed by atoms with E-state index in [2.05, 4.69) is 20.4 Å². The third-order valence-electron chi connectivity index (χ3n) is 4.28. The molecule has 0 atom stereocenters. The summed E-state index contributed by atoms with van der Waals surface area (Å²) in [5, 5.41) is 16.3. The average molecular weight is 393 g/mol. The number of Topliss-reactive ketones (excluding diaryl/α,β-unsaturated/α-hetero) is 1.